The molecule has 1 amide bonds. The number of ether oxygens (including phenoxy) is 1. The fourth-order valence-corrected chi connectivity index (χ4v) is 3.83. The molecule has 2 aromatic carbocycles. The standard InChI is InChI=1S/C17H13F3INO2/c1-10-6-12-9-22(16(23)15(12)14(21)7-10)8-11-2-4-13(5-3-11)24-17(18,19)20/h2-7H,8-9H2,1H3. The van der Waals surface area contributed by atoms with Crippen molar-refractivity contribution in [3.63, 3.8) is 0 Å². The highest BCUT2D eigenvalue weighted by atomic mass is 127. The van der Waals surface area contributed by atoms with Crippen LogP contribution in [0.2, 0.25) is 0 Å². The zero-order valence-corrected chi connectivity index (χ0v) is 14.8. The predicted octanol–water partition coefficient (Wildman–Crippen LogP) is 4.65. The summed E-state index contributed by atoms with van der Waals surface area (Å²) in [5.74, 6) is -0.322. The number of rotatable bonds is 3. The van der Waals surface area contributed by atoms with Crippen molar-refractivity contribution in [3.8, 4) is 5.75 Å². The second kappa shape index (κ2) is 6.27. The quantitative estimate of drug-likeness (QED) is 0.642. The minimum absolute atomic E-state index is 0.0509. The van der Waals surface area contributed by atoms with Crippen molar-refractivity contribution in [3.05, 3.63) is 62.2 Å². The third-order valence-electron chi connectivity index (χ3n) is 3.71. The van der Waals surface area contributed by atoms with Gasteiger partial charge >= 0.3 is 6.36 Å². The van der Waals surface area contributed by atoms with Crippen LogP contribution in [0.4, 0.5) is 13.2 Å². The first-order valence-corrected chi connectivity index (χ1v) is 8.24. The maximum atomic E-state index is 12.5. The highest BCUT2D eigenvalue weighted by Crippen LogP contribution is 2.30. The molecule has 1 aliphatic rings. The van der Waals surface area contributed by atoms with E-state index in [9.17, 15) is 18.0 Å². The molecule has 2 aromatic rings. The summed E-state index contributed by atoms with van der Waals surface area (Å²) in [6, 6.07) is 9.54. The van der Waals surface area contributed by atoms with Gasteiger partial charge in [-0.2, -0.15) is 0 Å². The normalized spacial score (nSPS) is 14.0. The Morgan fingerprint density at radius 2 is 1.88 bits per heavy atom. The maximum absolute atomic E-state index is 12.5. The molecule has 0 bridgehead atoms. The lowest BCUT2D eigenvalue weighted by molar-refractivity contribution is -0.274. The number of fused-ring (bicyclic) bond motifs is 1. The van der Waals surface area contributed by atoms with E-state index in [1.807, 2.05) is 19.1 Å². The SMILES string of the molecule is Cc1cc(I)c2c(c1)CN(Cc1ccc(OC(F)(F)F)cc1)C2=O. The van der Waals surface area contributed by atoms with Crippen molar-refractivity contribution >= 4 is 28.5 Å². The molecule has 0 saturated carbocycles. The van der Waals surface area contributed by atoms with E-state index >= 15 is 0 Å². The molecule has 0 N–H and O–H groups in total. The van der Waals surface area contributed by atoms with E-state index in [0.717, 1.165) is 25.8 Å². The number of halogens is 4. The van der Waals surface area contributed by atoms with E-state index in [0.29, 0.717) is 13.1 Å². The molecule has 3 rings (SSSR count). The number of nitrogens with zero attached hydrogens (tertiary/aromatic N) is 1. The molecule has 0 aromatic heterocycles. The summed E-state index contributed by atoms with van der Waals surface area (Å²) < 4.78 is 41.3. The average Bonchev–Trinajstić information content (AvgIpc) is 2.76. The van der Waals surface area contributed by atoms with E-state index < -0.39 is 6.36 Å². The van der Waals surface area contributed by atoms with Gasteiger partial charge in [0.2, 0.25) is 0 Å². The fourth-order valence-electron chi connectivity index (χ4n) is 2.76. The Bertz CT molecular complexity index is 788. The zero-order valence-electron chi connectivity index (χ0n) is 12.7. The van der Waals surface area contributed by atoms with Crippen LogP contribution in [-0.2, 0) is 13.1 Å². The van der Waals surface area contributed by atoms with Crippen LogP contribution in [0.25, 0.3) is 0 Å². The van der Waals surface area contributed by atoms with Gasteiger partial charge in [0.05, 0.1) is 5.56 Å². The summed E-state index contributed by atoms with van der Waals surface area (Å²) in [6.07, 6.45) is -4.71. The van der Waals surface area contributed by atoms with Crippen LogP contribution in [0.5, 0.6) is 5.75 Å². The summed E-state index contributed by atoms with van der Waals surface area (Å²) in [5.41, 5.74) is 3.55. The first kappa shape index (κ1) is 17.1. The number of carbonyl (C=O) groups is 1. The Kier molecular flexibility index (Phi) is 4.46. The number of hydrogen-bond donors (Lipinski definition) is 0. The minimum atomic E-state index is -4.71. The molecule has 0 unspecified atom stereocenters. The molecule has 0 spiro atoms. The van der Waals surface area contributed by atoms with Gasteiger partial charge in [-0.1, -0.05) is 18.2 Å². The number of aryl methyl sites for hydroxylation is 1. The van der Waals surface area contributed by atoms with Gasteiger partial charge in [0, 0.05) is 16.7 Å². The Morgan fingerprint density at radius 3 is 2.50 bits per heavy atom. The number of amides is 1. The average molecular weight is 447 g/mol. The summed E-state index contributed by atoms with van der Waals surface area (Å²) in [5, 5.41) is 0. The molecule has 126 valence electrons. The third-order valence-corrected chi connectivity index (χ3v) is 4.56. The molecule has 0 saturated heterocycles. The fraction of sp³-hybridized carbons (Fsp3) is 0.235. The molecule has 7 heteroatoms. The van der Waals surface area contributed by atoms with Gasteiger partial charge in [0.15, 0.2) is 0 Å². The molecule has 0 aliphatic carbocycles. The summed E-state index contributed by atoms with van der Waals surface area (Å²) in [4.78, 5) is 14.2. The van der Waals surface area contributed by atoms with Crippen molar-refractivity contribution in [2.75, 3.05) is 0 Å². The van der Waals surface area contributed by atoms with Crippen LogP contribution >= 0.6 is 22.6 Å². The smallest absolute Gasteiger partial charge is 0.406 e. The Hall–Kier alpha value is -1.77. The van der Waals surface area contributed by atoms with Gasteiger partial charge in [0.1, 0.15) is 5.75 Å². The molecule has 0 fully saturated rings. The van der Waals surface area contributed by atoms with E-state index in [4.69, 9.17) is 0 Å². The van der Waals surface area contributed by atoms with Crippen LogP contribution in [0, 0.1) is 10.5 Å². The number of alkyl halides is 3. The zero-order chi connectivity index (χ0) is 17.5. The van der Waals surface area contributed by atoms with Crippen LogP contribution in [0.3, 0.4) is 0 Å². The summed E-state index contributed by atoms with van der Waals surface area (Å²) in [6.45, 7) is 2.83. The van der Waals surface area contributed by atoms with E-state index in [1.165, 1.54) is 24.3 Å². The molecule has 24 heavy (non-hydrogen) atoms. The van der Waals surface area contributed by atoms with Gasteiger partial charge < -0.3 is 9.64 Å². The Balaban J connectivity index is 1.74. The van der Waals surface area contributed by atoms with Crippen molar-refractivity contribution in [1.29, 1.82) is 0 Å². The van der Waals surface area contributed by atoms with Gasteiger partial charge in [-0.05, 0) is 64.4 Å². The largest absolute Gasteiger partial charge is 0.573 e. The molecule has 0 radical (unpaired) electrons. The number of benzene rings is 2. The topological polar surface area (TPSA) is 29.5 Å². The van der Waals surface area contributed by atoms with E-state index in [-0.39, 0.29) is 11.7 Å². The lowest BCUT2D eigenvalue weighted by Crippen LogP contribution is -2.23. The minimum Gasteiger partial charge on any atom is -0.406 e. The second-order valence-corrected chi connectivity index (χ2v) is 6.80. The van der Waals surface area contributed by atoms with Crippen molar-refractivity contribution in [2.45, 2.75) is 26.4 Å². The maximum Gasteiger partial charge on any atom is 0.573 e. The van der Waals surface area contributed by atoms with Gasteiger partial charge in [-0.15, -0.1) is 13.2 Å². The Morgan fingerprint density at radius 1 is 1.21 bits per heavy atom. The molecular weight excluding hydrogens is 434 g/mol. The molecule has 3 nitrogen and oxygen atoms in total. The first-order chi connectivity index (χ1) is 11.2. The van der Waals surface area contributed by atoms with E-state index in [2.05, 4.69) is 27.3 Å². The highest BCUT2D eigenvalue weighted by Gasteiger charge is 2.31. The lowest BCUT2D eigenvalue weighted by Gasteiger charge is -2.16. The lowest BCUT2D eigenvalue weighted by atomic mass is 10.1. The molecule has 1 aliphatic heterocycles. The van der Waals surface area contributed by atoms with Crippen LogP contribution in [0.1, 0.15) is 27.0 Å². The Labute approximate surface area is 150 Å². The van der Waals surface area contributed by atoms with Crippen molar-refractivity contribution < 1.29 is 22.7 Å². The summed E-state index contributed by atoms with van der Waals surface area (Å²) >= 11 is 2.15. The molecule has 1 heterocycles. The summed E-state index contributed by atoms with van der Waals surface area (Å²) in [7, 11) is 0. The van der Waals surface area contributed by atoms with Crippen LogP contribution in [0.15, 0.2) is 36.4 Å². The van der Waals surface area contributed by atoms with Gasteiger partial charge in [0.25, 0.3) is 5.91 Å². The third kappa shape index (κ3) is 3.66. The van der Waals surface area contributed by atoms with E-state index in [1.54, 1.807) is 4.90 Å². The highest BCUT2D eigenvalue weighted by molar-refractivity contribution is 14.1. The van der Waals surface area contributed by atoms with Gasteiger partial charge in [-0.3, -0.25) is 4.79 Å². The van der Waals surface area contributed by atoms with Crippen molar-refractivity contribution in [2.24, 2.45) is 0 Å². The molecule has 0 atom stereocenters. The van der Waals surface area contributed by atoms with Gasteiger partial charge in [-0.25, -0.2) is 0 Å². The number of hydrogen-bond acceptors (Lipinski definition) is 2. The predicted molar refractivity (Wildman–Crippen MR) is 90.6 cm³/mol. The second-order valence-electron chi connectivity index (χ2n) is 5.63. The molecular formula is C17H13F3INO2. The van der Waals surface area contributed by atoms with Crippen LogP contribution < -0.4 is 4.74 Å². The monoisotopic (exact) mass is 447 g/mol. The van der Waals surface area contributed by atoms with Crippen molar-refractivity contribution in [1.82, 2.24) is 4.90 Å². The first-order valence-electron chi connectivity index (χ1n) is 7.16. The van der Waals surface area contributed by atoms with Crippen LogP contribution in [-0.4, -0.2) is 17.2 Å². The number of carbonyl (C=O) groups excluding carboxylic acids is 1.